The topological polar surface area (TPSA) is 149 Å². The van der Waals surface area contributed by atoms with Crippen LogP contribution in [0.3, 0.4) is 0 Å². The van der Waals surface area contributed by atoms with Gasteiger partial charge in [0.15, 0.2) is 11.4 Å². The minimum Gasteiger partial charge on any atom is -0.505 e. The van der Waals surface area contributed by atoms with Crippen LogP contribution < -0.4 is 20.3 Å². The summed E-state index contributed by atoms with van der Waals surface area (Å²) in [6.07, 6.45) is 0. The highest BCUT2D eigenvalue weighted by Gasteiger charge is 2.19. The highest BCUT2D eigenvalue weighted by Crippen LogP contribution is 2.22. The molecule has 174 valence electrons. The summed E-state index contributed by atoms with van der Waals surface area (Å²) in [6, 6.07) is 12.8. The van der Waals surface area contributed by atoms with Crippen molar-refractivity contribution >= 4 is 21.6 Å². The Morgan fingerprint density at radius 2 is 1.82 bits per heavy atom. The van der Waals surface area contributed by atoms with Crippen molar-refractivity contribution in [3.05, 3.63) is 70.6 Å². The monoisotopic (exact) mass is 474 g/mol. The molecule has 11 nitrogen and oxygen atoms in total. The normalized spacial score (nSPS) is 11.2. The van der Waals surface area contributed by atoms with Crippen LogP contribution in [0.5, 0.6) is 11.5 Å². The number of nitrogens with zero attached hydrogens (tertiary/aromatic N) is 2. The van der Waals surface area contributed by atoms with E-state index in [1.54, 1.807) is 24.3 Å². The number of aromatic hydroxyl groups is 1. The number of anilines is 1. The summed E-state index contributed by atoms with van der Waals surface area (Å²) < 4.78 is 37.8. The van der Waals surface area contributed by atoms with E-state index in [1.165, 1.54) is 38.5 Å². The first-order valence-electron chi connectivity index (χ1n) is 9.63. The molecule has 0 saturated heterocycles. The zero-order valence-electron chi connectivity index (χ0n) is 17.8. The van der Waals surface area contributed by atoms with Crippen LogP contribution in [0.25, 0.3) is 5.69 Å². The van der Waals surface area contributed by atoms with E-state index in [1.807, 2.05) is 0 Å². The number of benzene rings is 2. The van der Waals surface area contributed by atoms with Crippen LogP contribution in [0.1, 0.15) is 10.5 Å². The lowest BCUT2D eigenvalue weighted by molar-refractivity contribution is 0.101. The van der Waals surface area contributed by atoms with Crippen molar-refractivity contribution in [1.82, 2.24) is 14.5 Å². The van der Waals surface area contributed by atoms with E-state index in [0.717, 1.165) is 10.7 Å². The number of hydrogen-bond donors (Lipinski definition) is 3. The predicted molar refractivity (Wildman–Crippen MR) is 120 cm³/mol. The average Bonchev–Trinajstić information content (AvgIpc) is 2.79. The van der Waals surface area contributed by atoms with Gasteiger partial charge in [-0.05, 0) is 36.4 Å². The lowest BCUT2D eigenvalue weighted by Crippen LogP contribution is -2.27. The molecule has 12 heteroatoms. The Kier molecular flexibility index (Phi) is 7.43. The first-order chi connectivity index (χ1) is 15.8. The van der Waals surface area contributed by atoms with Crippen LogP contribution in [-0.2, 0) is 14.8 Å². The number of methoxy groups -OCH3 is 2. The molecule has 0 aliphatic heterocycles. The molecule has 0 saturated carbocycles. The lowest BCUT2D eigenvalue weighted by atomic mass is 10.2. The molecule has 3 rings (SSSR count). The van der Waals surface area contributed by atoms with Gasteiger partial charge >= 0.3 is 0 Å². The maximum atomic E-state index is 12.7. The van der Waals surface area contributed by atoms with Crippen molar-refractivity contribution in [3.63, 3.8) is 0 Å². The Morgan fingerprint density at radius 1 is 1.12 bits per heavy atom. The molecule has 0 aliphatic rings. The third-order valence-corrected chi connectivity index (χ3v) is 5.94. The molecule has 1 amide bonds. The lowest BCUT2D eigenvalue weighted by Gasteiger charge is -2.12. The van der Waals surface area contributed by atoms with Gasteiger partial charge in [-0.15, -0.1) is 0 Å². The predicted octanol–water partition coefficient (Wildman–Crippen LogP) is 1.12. The van der Waals surface area contributed by atoms with Crippen LogP contribution in [0.4, 0.5) is 5.69 Å². The number of amides is 1. The molecule has 1 aromatic heterocycles. The van der Waals surface area contributed by atoms with Crippen molar-refractivity contribution in [2.24, 2.45) is 0 Å². The molecule has 2 aromatic carbocycles. The van der Waals surface area contributed by atoms with E-state index in [9.17, 15) is 23.1 Å². The average molecular weight is 474 g/mol. The number of para-hydroxylation sites is 2. The van der Waals surface area contributed by atoms with E-state index in [-0.39, 0.29) is 29.4 Å². The second-order valence-corrected chi connectivity index (χ2v) is 8.44. The highest BCUT2D eigenvalue weighted by molar-refractivity contribution is 7.89. The van der Waals surface area contributed by atoms with Gasteiger partial charge in [0, 0.05) is 25.4 Å². The number of aromatic nitrogens is 2. The summed E-state index contributed by atoms with van der Waals surface area (Å²) in [6.45, 7) is 0.338. The van der Waals surface area contributed by atoms with Crippen molar-refractivity contribution in [2.75, 3.05) is 32.7 Å². The maximum absolute atomic E-state index is 12.7. The number of carbonyl (C=O) groups is 1. The van der Waals surface area contributed by atoms with E-state index < -0.39 is 32.9 Å². The fraction of sp³-hybridized carbons (Fsp3) is 0.190. The standard InChI is InChI=1S/C21H22N4O7S/c1-31-12-11-22-33(29,30)15-9-7-14(8-10-15)23-21(28)20-17(26)13-19(27)25(24-20)16-5-3-4-6-18(16)32-2/h3-10,13,22,26H,11-12H2,1-2H3,(H,23,28). The fourth-order valence-electron chi connectivity index (χ4n) is 2.86. The second kappa shape index (κ2) is 10.3. The maximum Gasteiger partial charge on any atom is 0.279 e. The zero-order valence-corrected chi connectivity index (χ0v) is 18.6. The van der Waals surface area contributed by atoms with Gasteiger partial charge in [-0.2, -0.15) is 9.78 Å². The van der Waals surface area contributed by atoms with Gasteiger partial charge in [-0.25, -0.2) is 13.1 Å². The summed E-state index contributed by atoms with van der Waals surface area (Å²) >= 11 is 0. The van der Waals surface area contributed by atoms with Gasteiger partial charge in [-0.1, -0.05) is 12.1 Å². The van der Waals surface area contributed by atoms with Crippen molar-refractivity contribution in [2.45, 2.75) is 4.90 Å². The van der Waals surface area contributed by atoms with Crippen LogP contribution in [-0.4, -0.2) is 56.6 Å². The van der Waals surface area contributed by atoms with E-state index in [2.05, 4.69) is 15.1 Å². The Balaban J connectivity index is 1.84. The van der Waals surface area contributed by atoms with Gasteiger partial charge in [-0.3, -0.25) is 9.59 Å². The van der Waals surface area contributed by atoms with E-state index in [0.29, 0.717) is 5.75 Å². The molecule has 3 N–H and O–H groups in total. The summed E-state index contributed by atoms with van der Waals surface area (Å²) in [5, 5.41) is 16.6. The van der Waals surface area contributed by atoms with Crippen LogP contribution >= 0.6 is 0 Å². The molecule has 0 atom stereocenters. The van der Waals surface area contributed by atoms with Crippen LogP contribution in [0.2, 0.25) is 0 Å². The van der Waals surface area contributed by atoms with Crippen molar-refractivity contribution in [1.29, 1.82) is 0 Å². The Morgan fingerprint density at radius 3 is 2.48 bits per heavy atom. The molecule has 0 fully saturated rings. The van der Waals surface area contributed by atoms with E-state index >= 15 is 0 Å². The molecule has 33 heavy (non-hydrogen) atoms. The summed E-state index contributed by atoms with van der Waals surface area (Å²) in [4.78, 5) is 25.1. The van der Waals surface area contributed by atoms with Crippen molar-refractivity contribution < 1.29 is 27.8 Å². The fourth-order valence-corrected chi connectivity index (χ4v) is 3.87. The smallest absolute Gasteiger partial charge is 0.279 e. The Labute approximate surface area is 189 Å². The third-order valence-electron chi connectivity index (χ3n) is 4.46. The summed E-state index contributed by atoms with van der Waals surface area (Å²) in [5.74, 6) is -1.06. The SMILES string of the molecule is COCCNS(=O)(=O)c1ccc(NC(=O)c2nn(-c3ccccc3OC)c(=O)cc2O)cc1. The molecule has 0 spiro atoms. The minimum absolute atomic E-state index is 0.00213. The number of nitrogens with one attached hydrogen (secondary N) is 2. The quantitative estimate of drug-likeness (QED) is 0.391. The molecule has 1 heterocycles. The Bertz CT molecular complexity index is 1300. The number of ether oxygens (including phenoxy) is 2. The Hall–Kier alpha value is -3.74. The molecular weight excluding hydrogens is 452 g/mol. The molecule has 0 radical (unpaired) electrons. The third kappa shape index (κ3) is 5.55. The van der Waals surface area contributed by atoms with Gasteiger partial charge in [0.2, 0.25) is 10.0 Å². The van der Waals surface area contributed by atoms with Crippen LogP contribution in [0, 0.1) is 0 Å². The zero-order chi connectivity index (χ0) is 24.0. The first-order valence-corrected chi connectivity index (χ1v) is 11.1. The molecule has 0 unspecified atom stereocenters. The summed E-state index contributed by atoms with van der Waals surface area (Å²) in [7, 11) is -0.845. The number of hydrogen-bond acceptors (Lipinski definition) is 8. The largest absolute Gasteiger partial charge is 0.505 e. The van der Waals surface area contributed by atoms with Gasteiger partial charge < -0.3 is 19.9 Å². The summed E-state index contributed by atoms with van der Waals surface area (Å²) in [5.41, 5.74) is -0.524. The van der Waals surface area contributed by atoms with Crippen LogP contribution in [0.15, 0.2) is 64.3 Å². The minimum atomic E-state index is -3.73. The number of rotatable bonds is 9. The molecule has 3 aromatic rings. The number of carbonyl (C=O) groups excluding carboxylic acids is 1. The van der Waals surface area contributed by atoms with Gasteiger partial charge in [0.1, 0.15) is 11.4 Å². The van der Waals surface area contributed by atoms with Gasteiger partial charge in [0.25, 0.3) is 11.5 Å². The van der Waals surface area contributed by atoms with Gasteiger partial charge in [0.05, 0.1) is 18.6 Å². The van der Waals surface area contributed by atoms with E-state index in [4.69, 9.17) is 9.47 Å². The number of sulfonamides is 1. The van der Waals surface area contributed by atoms with Crippen molar-refractivity contribution in [3.8, 4) is 17.2 Å². The molecule has 0 bridgehead atoms. The highest BCUT2D eigenvalue weighted by atomic mass is 32.2. The first kappa shape index (κ1) is 23.9. The molecule has 0 aliphatic carbocycles. The second-order valence-electron chi connectivity index (χ2n) is 6.67. The molecular formula is C21H22N4O7S.